The number of carbonyl (C=O) groups excluding carboxylic acids is 2. The first-order valence-electron chi connectivity index (χ1n) is 8.01. The third-order valence-corrected chi connectivity index (χ3v) is 7.03. The standard InChI is InChI=1S/C17H21N3O4S3/c1-11(13-5-4-8-26-13)19-16(21)10-12-6-7-14(25-3)15(9-12)27(23,24)20-17(22)18-2/h4-9,11H,10H2,1-3H3,(H,19,21)(H2,18,20,22). The summed E-state index contributed by atoms with van der Waals surface area (Å²) in [6.07, 6.45) is 1.77. The Labute approximate surface area is 167 Å². The summed E-state index contributed by atoms with van der Waals surface area (Å²) in [5.41, 5.74) is 0.543. The van der Waals surface area contributed by atoms with Gasteiger partial charge in [-0.3, -0.25) is 4.79 Å². The van der Waals surface area contributed by atoms with Crippen LogP contribution in [0.25, 0.3) is 0 Å². The highest BCUT2D eigenvalue weighted by molar-refractivity contribution is 7.99. The van der Waals surface area contributed by atoms with Crippen LogP contribution >= 0.6 is 23.1 Å². The number of amides is 3. The van der Waals surface area contributed by atoms with Crippen LogP contribution in [0, 0.1) is 0 Å². The molecular weight excluding hydrogens is 406 g/mol. The van der Waals surface area contributed by atoms with Crippen molar-refractivity contribution in [1.29, 1.82) is 0 Å². The molecule has 1 aromatic carbocycles. The predicted octanol–water partition coefficient (Wildman–Crippen LogP) is 2.51. The highest BCUT2D eigenvalue weighted by Gasteiger charge is 2.22. The molecule has 0 aliphatic carbocycles. The smallest absolute Gasteiger partial charge is 0.328 e. The Morgan fingerprint density at radius 3 is 2.59 bits per heavy atom. The lowest BCUT2D eigenvalue weighted by molar-refractivity contribution is -0.121. The number of urea groups is 1. The molecule has 2 aromatic rings. The summed E-state index contributed by atoms with van der Waals surface area (Å²) >= 11 is 2.80. The average Bonchev–Trinajstić information content (AvgIpc) is 3.16. The summed E-state index contributed by atoms with van der Waals surface area (Å²) in [6, 6.07) is 7.68. The van der Waals surface area contributed by atoms with E-state index in [4.69, 9.17) is 0 Å². The molecule has 2 rings (SSSR count). The van der Waals surface area contributed by atoms with Gasteiger partial charge in [-0.05, 0) is 42.3 Å². The minimum absolute atomic E-state index is 0.0322. The van der Waals surface area contributed by atoms with Gasteiger partial charge in [0.2, 0.25) is 5.91 Å². The predicted molar refractivity (Wildman–Crippen MR) is 108 cm³/mol. The van der Waals surface area contributed by atoms with Crippen molar-refractivity contribution in [3.8, 4) is 0 Å². The van der Waals surface area contributed by atoms with Gasteiger partial charge in [0.05, 0.1) is 12.5 Å². The molecule has 10 heteroatoms. The first-order chi connectivity index (χ1) is 12.8. The fraction of sp³-hybridized carbons (Fsp3) is 0.294. The quantitative estimate of drug-likeness (QED) is 0.589. The van der Waals surface area contributed by atoms with E-state index in [1.165, 1.54) is 24.9 Å². The van der Waals surface area contributed by atoms with E-state index in [2.05, 4.69) is 10.6 Å². The molecule has 1 aromatic heterocycles. The van der Waals surface area contributed by atoms with Crippen LogP contribution in [0.1, 0.15) is 23.4 Å². The van der Waals surface area contributed by atoms with E-state index >= 15 is 0 Å². The van der Waals surface area contributed by atoms with E-state index in [0.29, 0.717) is 10.5 Å². The SMILES string of the molecule is CNC(=O)NS(=O)(=O)c1cc(CC(=O)NC(C)c2cccs2)ccc1SC. The second kappa shape index (κ2) is 9.25. The zero-order chi connectivity index (χ0) is 20.0. The molecule has 0 aliphatic heterocycles. The Morgan fingerprint density at radius 1 is 1.26 bits per heavy atom. The Hall–Kier alpha value is -2.04. The fourth-order valence-electron chi connectivity index (χ4n) is 2.36. The Morgan fingerprint density at radius 2 is 2.00 bits per heavy atom. The average molecular weight is 428 g/mol. The van der Waals surface area contributed by atoms with Crippen LogP contribution in [0.2, 0.25) is 0 Å². The van der Waals surface area contributed by atoms with E-state index < -0.39 is 16.1 Å². The monoisotopic (exact) mass is 427 g/mol. The lowest BCUT2D eigenvalue weighted by atomic mass is 10.1. The lowest BCUT2D eigenvalue weighted by Crippen LogP contribution is -2.37. The van der Waals surface area contributed by atoms with Crippen LogP contribution in [0.15, 0.2) is 45.5 Å². The summed E-state index contributed by atoms with van der Waals surface area (Å²) in [4.78, 5) is 25.2. The minimum Gasteiger partial charge on any atom is -0.348 e. The van der Waals surface area contributed by atoms with Gasteiger partial charge in [0.15, 0.2) is 0 Å². The number of sulfonamides is 1. The fourth-order valence-corrected chi connectivity index (χ4v) is 5.23. The van der Waals surface area contributed by atoms with Gasteiger partial charge in [-0.1, -0.05) is 12.1 Å². The van der Waals surface area contributed by atoms with E-state index in [-0.39, 0.29) is 23.3 Å². The number of hydrogen-bond donors (Lipinski definition) is 3. The van der Waals surface area contributed by atoms with Gasteiger partial charge in [-0.25, -0.2) is 17.9 Å². The number of carbonyl (C=O) groups is 2. The van der Waals surface area contributed by atoms with E-state index in [1.54, 1.807) is 29.7 Å². The summed E-state index contributed by atoms with van der Waals surface area (Å²) in [7, 11) is -2.71. The first-order valence-corrected chi connectivity index (χ1v) is 11.6. The first kappa shape index (κ1) is 21.3. The summed E-state index contributed by atoms with van der Waals surface area (Å²) in [5.74, 6) is -0.213. The molecule has 0 spiro atoms. The van der Waals surface area contributed by atoms with Crippen molar-refractivity contribution in [2.75, 3.05) is 13.3 Å². The summed E-state index contributed by atoms with van der Waals surface area (Å²) in [6.45, 7) is 1.89. The number of rotatable bonds is 7. The molecular formula is C17H21N3O4S3. The van der Waals surface area contributed by atoms with Gasteiger partial charge in [-0.2, -0.15) is 0 Å². The van der Waals surface area contributed by atoms with Crippen LogP contribution in [-0.4, -0.2) is 33.7 Å². The largest absolute Gasteiger partial charge is 0.348 e. The molecule has 7 nitrogen and oxygen atoms in total. The van der Waals surface area contributed by atoms with Crippen LogP contribution in [0.3, 0.4) is 0 Å². The van der Waals surface area contributed by atoms with Crippen molar-refractivity contribution in [2.24, 2.45) is 0 Å². The molecule has 1 atom stereocenters. The molecule has 0 aliphatic rings. The lowest BCUT2D eigenvalue weighted by Gasteiger charge is -2.14. The van der Waals surface area contributed by atoms with Crippen molar-refractivity contribution in [1.82, 2.24) is 15.4 Å². The zero-order valence-electron chi connectivity index (χ0n) is 15.1. The van der Waals surface area contributed by atoms with E-state index in [9.17, 15) is 18.0 Å². The maximum atomic E-state index is 12.5. The normalized spacial score (nSPS) is 12.3. The van der Waals surface area contributed by atoms with E-state index in [1.807, 2.05) is 29.2 Å². The molecule has 1 unspecified atom stereocenters. The summed E-state index contributed by atoms with van der Waals surface area (Å²) in [5, 5.41) is 7.05. The second-order valence-electron chi connectivity index (χ2n) is 5.65. The van der Waals surface area contributed by atoms with Crippen LogP contribution in [0.4, 0.5) is 4.79 Å². The molecule has 27 heavy (non-hydrogen) atoms. The molecule has 3 amide bonds. The number of thiophene rings is 1. The molecule has 0 fully saturated rings. The Kier molecular flexibility index (Phi) is 7.28. The number of nitrogens with one attached hydrogen (secondary N) is 3. The summed E-state index contributed by atoms with van der Waals surface area (Å²) < 4.78 is 26.9. The van der Waals surface area contributed by atoms with Gasteiger partial charge >= 0.3 is 6.03 Å². The van der Waals surface area contributed by atoms with Crippen molar-refractivity contribution in [3.05, 3.63) is 46.2 Å². The molecule has 3 N–H and O–H groups in total. The molecule has 0 radical (unpaired) electrons. The highest BCUT2D eigenvalue weighted by atomic mass is 32.2. The van der Waals surface area contributed by atoms with Gasteiger partial charge in [0, 0.05) is 16.8 Å². The molecule has 0 saturated heterocycles. The van der Waals surface area contributed by atoms with Crippen molar-refractivity contribution < 1.29 is 18.0 Å². The van der Waals surface area contributed by atoms with Crippen LogP contribution in [-0.2, 0) is 21.2 Å². The van der Waals surface area contributed by atoms with Gasteiger partial charge in [-0.15, -0.1) is 23.1 Å². The number of thioether (sulfide) groups is 1. The zero-order valence-corrected chi connectivity index (χ0v) is 17.6. The maximum absolute atomic E-state index is 12.5. The van der Waals surface area contributed by atoms with E-state index in [0.717, 1.165) is 4.88 Å². The molecule has 0 saturated carbocycles. The van der Waals surface area contributed by atoms with Crippen LogP contribution < -0.4 is 15.4 Å². The molecule has 0 bridgehead atoms. The van der Waals surface area contributed by atoms with Gasteiger partial charge in [0.1, 0.15) is 4.90 Å². The third-order valence-electron chi connectivity index (χ3n) is 3.68. The topological polar surface area (TPSA) is 104 Å². The third kappa shape index (κ3) is 5.72. The van der Waals surface area contributed by atoms with Crippen molar-refractivity contribution >= 4 is 45.1 Å². The van der Waals surface area contributed by atoms with Crippen molar-refractivity contribution in [3.63, 3.8) is 0 Å². The minimum atomic E-state index is -4.04. The van der Waals surface area contributed by atoms with Gasteiger partial charge < -0.3 is 10.6 Å². The molecule has 1 heterocycles. The molecule has 146 valence electrons. The Bertz CT molecular complexity index is 912. The van der Waals surface area contributed by atoms with Crippen LogP contribution in [0.5, 0.6) is 0 Å². The Balaban J connectivity index is 2.18. The maximum Gasteiger partial charge on any atom is 0.328 e. The highest BCUT2D eigenvalue weighted by Crippen LogP contribution is 2.26. The second-order valence-corrected chi connectivity index (χ2v) is 9.13. The van der Waals surface area contributed by atoms with Gasteiger partial charge in [0.25, 0.3) is 10.0 Å². The number of benzene rings is 1. The van der Waals surface area contributed by atoms with Crippen molar-refractivity contribution in [2.45, 2.75) is 29.2 Å². The number of hydrogen-bond acceptors (Lipinski definition) is 6.